The van der Waals surface area contributed by atoms with Gasteiger partial charge in [-0.15, -0.1) is 0 Å². The molecule has 2 amide bonds. The normalized spacial score (nSPS) is 17.2. The molecule has 30 heavy (non-hydrogen) atoms. The summed E-state index contributed by atoms with van der Waals surface area (Å²) >= 11 is 0. The minimum Gasteiger partial charge on any atom is -0.341 e. The van der Waals surface area contributed by atoms with Gasteiger partial charge in [0.15, 0.2) is 0 Å². The molecule has 0 spiro atoms. The Morgan fingerprint density at radius 3 is 2.53 bits per heavy atom. The maximum absolute atomic E-state index is 13.3. The summed E-state index contributed by atoms with van der Waals surface area (Å²) in [4.78, 5) is 29.7. The molecule has 2 aromatic rings. The van der Waals surface area contributed by atoms with Gasteiger partial charge in [0, 0.05) is 26.2 Å². The second-order valence-corrected chi connectivity index (χ2v) is 8.12. The third kappa shape index (κ3) is 5.28. The van der Waals surface area contributed by atoms with Crippen molar-refractivity contribution in [3.8, 4) is 11.1 Å². The number of rotatable bonds is 7. The summed E-state index contributed by atoms with van der Waals surface area (Å²) in [6.07, 6.45) is 1.55. The predicted octanol–water partition coefficient (Wildman–Crippen LogP) is 3.12. The highest BCUT2D eigenvalue weighted by atomic mass is 16.2. The van der Waals surface area contributed by atoms with Crippen LogP contribution >= 0.6 is 0 Å². The van der Waals surface area contributed by atoms with Crippen LogP contribution in [0.15, 0.2) is 48.5 Å². The lowest BCUT2D eigenvalue weighted by molar-refractivity contribution is -0.134. The summed E-state index contributed by atoms with van der Waals surface area (Å²) in [7, 11) is 1.78. The highest BCUT2D eigenvalue weighted by Gasteiger charge is 2.32. The Labute approximate surface area is 180 Å². The molecule has 0 aliphatic carbocycles. The van der Waals surface area contributed by atoms with Crippen molar-refractivity contribution < 1.29 is 9.59 Å². The molecule has 3 rings (SSSR count). The van der Waals surface area contributed by atoms with Crippen molar-refractivity contribution in [2.24, 2.45) is 5.92 Å². The number of amides is 2. The van der Waals surface area contributed by atoms with Crippen molar-refractivity contribution in [3.63, 3.8) is 0 Å². The van der Waals surface area contributed by atoms with Gasteiger partial charge in [-0.25, -0.2) is 0 Å². The fourth-order valence-corrected chi connectivity index (χ4v) is 4.16. The smallest absolute Gasteiger partial charge is 0.236 e. The van der Waals surface area contributed by atoms with Gasteiger partial charge in [-0.3, -0.25) is 9.59 Å². The van der Waals surface area contributed by atoms with Gasteiger partial charge in [0.2, 0.25) is 11.8 Å². The van der Waals surface area contributed by atoms with Gasteiger partial charge < -0.3 is 15.1 Å². The molecule has 0 saturated carbocycles. The third-order valence-corrected chi connectivity index (χ3v) is 5.76. The highest BCUT2D eigenvalue weighted by Crippen LogP contribution is 2.27. The average Bonchev–Trinajstić information content (AvgIpc) is 2.89. The summed E-state index contributed by atoms with van der Waals surface area (Å²) in [6.45, 7) is 6.89. The Morgan fingerprint density at radius 2 is 1.83 bits per heavy atom. The summed E-state index contributed by atoms with van der Waals surface area (Å²) < 4.78 is 0. The fraction of sp³-hybridized carbons (Fsp3) is 0.440. The Morgan fingerprint density at radius 1 is 1.10 bits per heavy atom. The van der Waals surface area contributed by atoms with Gasteiger partial charge in [-0.05, 0) is 43.5 Å². The Kier molecular flexibility index (Phi) is 7.63. The minimum atomic E-state index is -0.230. The quantitative estimate of drug-likeness (QED) is 0.767. The van der Waals surface area contributed by atoms with Crippen LogP contribution in [-0.4, -0.2) is 61.4 Å². The van der Waals surface area contributed by atoms with Crippen LogP contribution in [0.1, 0.15) is 24.5 Å². The maximum Gasteiger partial charge on any atom is 0.236 e. The molecule has 1 atom stereocenters. The van der Waals surface area contributed by atoms with Crippen LogP contribution in [0.3, 0.4) is 0 Å². The van der Waals surface area contributed by atoms with E-state index in [0.717, 1.165) is 29.7 Å². The van der Waals surface area contributed by atoms with Gasteiger partial charge in [-0.1, -0.05) is 61.0 Å². The van der Waals surface area contributed by atoms with Crippen LogP contribution in [0, 0.1) is 12.8 Å². The summed E-state index contributed by atoms with van der Waals surface area (Å²) in [5, 5.41) is 2.94. The van der Waals surface area contributed by atoms with Crippen molar-refractivity contribution >= 4 is 11.8 Å². The number of nitrogens with zero attached hydrogens (tertiary/aromatic N) is 2. The van der Waals surface area contributed by atoms with Gasteiger partial charge in [0.1, 0.15) is 0 Å². The monoisotopic (exact) mass is 407 g/mol. The first-order valence-electron chi connectivity index (χ1n) is 10.9. The lowest BCUT2D eigenvalue weighted by Gasteiger charge is -2.24. The minimum absolute atomic E-state index is 0.0560. The second kappa shape index (κ2) is 10.4. The molecule has 1 saturated heterocycles. The standard InChI is InChI=1S/C25H33N3O2/c1-4-13-27-14-15-28(24(29)17-26-3)18-22(25(27)30)16-21-7-5-6-8-23(21)20-11-9-19(2)10-12-20/h5-12,22,26H,4,13-18H2,1-3H3. The van der Waals surface area contributed by atoms with E-state index in [-0.39, 0.29) is 17.7 Å². The van der Waals surface area contributed by atoms with Gasteiger partial charge in [-0.2, -0.15) is 0 Å². The molecule has 5 heteroatoms. The first-order valence-corrected chi connectivity index (χ1v) is 10.9. The molecular formula is C25H33N3O2. The van der Waals surface area contributed by atoms with E-state index in [1.165, 1.54) is 5.56 Å². The van der Waals surface area contributed by atoms with Crippen molar-refractivity contribution in [1.82, 2.24) is 15.1 Å². The Balaban J connectivity index is 1.89. The van der Waals surface area contributed by atoms with Crippen LogP contribution in [0.2, 0.25) is 0 Å². The molecule has 0 radical (unpaired) electrons. The van der Waals surface area contributed by atoms with Crippen LogP contribution in [0.25, 0.3) is 11.1 Å². The van der Waals surface area contributed by atoms with Gasteiger partial charge >= 0.3 is 0 Å². The van der Waals surface area contributed by atoms with Crippen molar-refractivity contribution in [1.29, 1.82) is 0 Å². The van der Waals surface area contributed by atoms with Crippen LogP contribution in [0.5, 0.6) is 0 Å². The van der Waals surface area contributed by atoms with E-state index in [0.29, 0.717) is 32.6 Å². The lowest BCUT2D eigenvalue weighted by atomic mass is 9.91. The molecule has 160 valence electrons. The zero-order chi connectivity index (χ0) is 21.5. The number of hydrogen-bond donors (Lipinski definition) is 1. The zero-order valence-corrected chi connectivity index (χ0v) is 18.4. The van der Waals surface area contributed by atoms with E-state index in [4.69, 9.17) is 0 Å². The number of aryl methyl sites for hydroxylation is 1. The molecule has 1 heterocycles. The van der Waals surface area contributed by atoms with Crippen molar-refractivity contribution in [2.75, 3.05) is 39.8 Å². The molecule has 1 N–H and O–H groups in total. The van der Waals surface area contributed by atoms with E-state index in [9.17, 15) is 9.59 Å². The topological polar surface area (TPSA) is 52.6 Å². The first-order chi connectivity index (χ1) is 14.5. The van der Waals surface area contributed by atoms with Crippen LogP contribution < -0.4 is 5.32 Å². The molecular weight excluding hydrogens is 374 g/mol. The largest absolute Gasteiger partial charge is 0.341 e. The molecule has 1 unspecified atom stereocenters. The number of likely N-dealkylation sites (N-methyl/N-ethyl adjacent to an activating group) is 1. The van der Waals surface area contributed by atoms with E-state index < -0.39 is 0 Å². The molecule has 1 aliphatic rings. The number of carbonyl (C=O) groups is 2. The maximum atomic E-state index is 13.3. The van der Waals surface area contributed by atoms with Crippen molar-refractivity contribution in [2.45, 2.75) is 26.7 Å². The molecule has 0 aromatic heterocycles. The van der Waals surface area contributed by atoms with Gasteiger partial charge in [0.05, 0.1) is 12.5 Å². The number of benzene rings is 2. The molecule has 0 bridgehead atoms. The number of hydrogen-bond acceptors (Lipinski definition) is 3. The first kappa shape index (κ1) is 22.0. The van der Waals surface area contributed by atoms with E-state index in [2.05, 4.69) is 55.6 Å². The molecule has 1 fully saturated rings. The molecule has 2 aromatic carbocycles. The fourth-order valence-electron chi connectivity index (χ4n) is 4.16. The highest BCUT2D eigenvalue weighted by molar-refractivity contribution is 5.83. The Bertz CT molecular complexity index is 863. The zero-order valence-electron chi connectivity index (χ0n) is 18.4. The summed E-state index contributed by atoms with van der Waals surface area (Å²) in [5.41, 5.74) is 4.69. The van der Waals surface area contributed by atoms with E-state index in [1.807, 2.05) is 21.9 Å². The van der Waals surface area contributed by atoms with Crippen LogP contribution in [-0.2, 0) is 16.0 Å². The summed E-state index contributed by atoms with van der Waals surface area (Å²) in [5.74, 6) is -0.0118. The predicted molar refractivity (Wildman–Crippen MR) is 121 cm³/mol. The SMILES string of the molecule is CCCN1CCN(C(=O)CNC)CC(Cc2ccccc2-c2ccc(C)cc2)C1=O. The summed E-state index contributed by atoms with van der Waals surface area (Å²) in [6, 6.07) is 16.8. The molecule has 5 nitrogen and oxygen atoms in total. The van der Waals surface area contributed by atoms with Gasteiger partial charge in [0.25, 0.3) is 0 Å². The number of carbonyl (C=O) groups excluding carboxylic acids is 2. The van der Waals surface area contributed by atoms with Crippen molar-refractivity contribution in [3.05, 3.63) is 59.7 Å². The van der Waals surface area contributed by atoms with E-state index >= 15 is 0 Å². The third-order valence-electron chi connectivity index (χ3n) is 5.76. The second-order valence-electron chi connectivity index (χ2n) is 8.12. The molecule has 1 aliphatic heterocycles. The number of nitrogens with one attached hydrogen (secondary N) is 1. The van der Waals surface area contributed by atoms with E-state index in [1.54, 1.807) is 7.05 Å². The average molecular weight is 408 g/mol. The lowest BCUT2D eigenvalue weighted by Crippen LogP contribution is -2.41. The Hall–Kier alpha value is -2.66. The van der Waals surface area contributed by atoms with Crippen LogP contribution in [0.4, 0.5) is 0 Å².